The van der Waals surface area contributed by atoms with Crippen molar-refractivity contribution in [1.29, 1.82) is 0 Å². The molecule has 106 valence electrons. The second-order valence-electron chi connectivity index (χ2n) is 5.88. The average molecular weight is 264 g/mol. The molecule has 1 fully saturated rings. The van der Waals surface area contributed by atoms with E-state index in [9.17, 15) is 4.39 Å². The van der Waals surface area contributed by atoms with Crippen LogP contribution in [0.15, 0.2) is 18.2 Å². The van der Waals surface area contributed by atoms with Crippen LogP contribution in [-0.2, 0) is 6.54 Å². The van der Waals surface area contributed by atoms with Gasteiger partial charge < -0.3 is 10.2 Å². The molecule has 0 saturated heterocycles. The zero-order valence-electron chi connectivity index (χ0n) is 12.2. The molecule has 2 nitrogen and oxygen atoms in total. The van der Waals surface area contributed by atoms with Gasteiger partial charge in [0.2, 0.25) is 0 Å². The lowest BCUT2D eigenvalue weighted by Crippen LogP contribution is -2.30. The molecule has 1 aliphatic rings. The molecule has 0 aromatic heterocycles. The highest BCUT2D eigenvalue weighted by atomic mass is 19.1. The van der Waals surface area contributed by atoms with Gasteiger partial charge in [-0.15, -0.1) is 0 Å². The number of nitrogens with zero attached hydrogens (tertiary/aromatic N) is 1. The van der Waals surface area contributed by atoms with E-state index in [1.807, 2.05) is 0 Å². The maximum atomic E-state index is 13.8. The van der Waals surface area contributed by atoms with Gasteiger partial charge in [0.05, 0.1) is 0 Å². The summed E-state index contributed by atoms with van der Waals surface area (Å²) >= 11 is 0. The van der Waals surface area contributed by atoms with Crippen LogP contribution in [0.3, 0.4) is 0 Å². The minimum atomic E-state index is -0.125. The van der Waals surface area contributed by atoms with Crippen LogP contribution in [0.4, 0.5) is 10.1 Å². The maximum absolute atomic E-state index is 13.8. The van der Waals surface area contributed by atoms with Crippen molar-refractivity contribution >= 4 is 5.69 Å². The van der Waals surface area contributed by atoms with Crippen molar-refractivity contribution in [1.82, 2.24) is 5.32 Å². The fourth-order valence-corrected chi connectivity index (χ4v) is 2.42. The van der Waals surface area contributed by atoms with Gasteiger partial charge in [-0.1, -0.05) is 20.8 Å². The Labute approximate surface area is 116 Å². The molecule has 0 bridgehead atoms. The first-order chi connectivity index (χ1) is 9.10. The van der Waals surface area contributed by atoms with E-state index < -0.39 is 0 Å². The normalized spacial score (nSPS) is 15.0. The molecule has 19 heavy (non-hydrogen) atoms. The quantitative estimate of drug-likeness (QED) is 0.810. The molecule has 1 N–H and O–H groups in total. The second-order valence-corrected chi connectivity index (χ2v) is 5.88. The van der Waals surface area contributed by atoms with Gasteiger partial charge >= 0.3 is 0 Å². The number of benzene rings is 1. The second kappa shape index (κ2) is 6.38. The minimum absolute atomic E-state index is 0.125. The summed E-state index contributed by atoms with van der Waals surface area (Å²) in [5.41, 5.74) is 2.08. The number of halogens is 1. The molecule has 0 unspecified atom stereocenters. The Morgan fingerprint density at radius 2 is 2.05 bits per heavy atom. The smallest absolute Gasteiger partial charge is 0.125 e. The summed E-state index contributed by atoms with van der Waals surface area (Å²) in [5.74, 6) is 0.473. The van der Waals surface area contributed by atoms with Crippen molar-refractivity contribution in [2.24, 2.45) is 5.92 Å². The van der Waals surface area contributed by atoms with Gasteiger partial charge in [-0.3, -0.25) is 0 Å². The molecule has 1 saturated carbocycles. The molecule has 0 radical (unpaired) electrons. The van der Waals surface area contributed by atoms with E-state index in [0.717, 1.165) is 30.9 Å². The molecule has 1 aromatic rings. The SMILES string of the molecule is CCNCc1cc(F)cc(N(CC(C)C)C2CC2)c1. The molecule has 0 heterocycles. The zero-order valence-corrected chi connectivity index (χ0v) is 12.2. The Bertz CT molecular complexity index is 413. The van der Waals surface area contributed by atoms with Crippen molar-refractivity contribution in [2.45, 2.75) is 46.2 Å². The van der Waals surface area contributed by atoms with Crippen molar-refractivity contribution in [3.8, 4) is 0 Å². The van der Waals surface area contributed by atoms with Crippen LogP contribution in [-0.4, -0.2) is 19.1 Å². The minimum Gasteiger partial charge on any atom is -0.368 e. The molecule has 2 rings (SSSR count). The lowest BCUT2D eigenvalue weighted by atomic mass is 10.1. The van der Waals surface area contributed by atoms with Crippen LogP contribution >= 0.6 is 0 Å². The summed E-state index contributed by atoms with van der Waals surface area (Å²) in [4.78, 5) is 2.38. The first kappa shape index (κ1) is 14.3. The van der Waals surface area contributed by atoms with Crippen LogP contribution in [0.25, 0.3) is 0 Å². The summed E-state index contributed by atoms with van der Waals surface area (Å²) in [5, 5.41) is 3.26. The van der Waals surface area contributed by atoms with Crippen LogP contribution in [0, 0.1) is 11.7 Å². The molecule has 0 spiro atoms. The lowest BCUT2D eigenvalue weighted by Gasteiger charge is -2.27. The Morgan fingerprint density at radius 1 is 1.32 bits per heavy atom. The first-order valence-electron chi connectivity index (χ1n) is 7.37. The Kier molecular flexibility index (Phi) is 4.81. The molecular formula is C16H25FN2. The van der Waals surface area contributed by atoms with Gasteiger partial charge in [0.15, 0.2) is 0 Å². The van der Waals surface area contributed by atoms with Crippen molar-refractivity contribution in [3.05, 3.63) is 29.6 Å². The van der Waals surface area contributed by atoms with Crippen LogP contribution in [0.5, 0.6) is 0 Å². The van der Waals surface area contributed by atoms with Gasteiger partial charge in [0, 0.05) is 24.8 Å². The molecular weight excluding hydrogens is 239 g/mol. The van der Waals surface area contributed by atoms with Crippen molar-refractivity contribution in [2.75, 3.05) is 18.0 Å². The Hall–Kier alpha value is -1.09. The summed E-state index contributed by atoms with van der Waals surface area (Å²) in [6.45, 7) is 9.15. The van der Waals surface area contributed by atoms with E-state index in [1.54, 1.807) is 12.1 Å². The first-order valence-corrected chi connectivity index (χ1v) is 7.37. The Balaban J connectivity index is 2.18. The summed E-state index contributed by atoms with van der Waals surface area (Å²) in [6.07, 6.45) is 2.48. The number of rotatable bonds is 7. The molecule has 1 aliphatic carbocycles. The van der Waals surface area contributed by atoms with Gasteiger partial charge in [0.25, 0.3) is 0 Å². The molecule has 1 aromatic carbocycles. The van der Waals surface area contributed by atoms with E-state index in [4.69, 9.17) is 0 Å². The van der Waals surface area contributed by atoms with Crippen molar-refractivity contribution < 1.29 is 4.39 Å². The van der Waals surface area contributed by atoms with E-state index in [2.05, 4.69) is 37.1 Å². The molecule has 0 aliphatic heterocycles. The highest BCUT2D eigenvalue weighted by molar-refractivity contribution is 5.51. The lowest BCUT2D eigenvalue weighted by molar-refractivity contribution is 0.597. The molecule has 3 heteroatoms. The molecule has 0 amide bonds. The van der Waals surface area contributed by atoms with Crippen LogP contribution in [0.2, 0.25) is 0 Å². The summed E-state index contributed by atoms with van der Waals surface area (Å²) in [6, 6.07) is 6.06. The highest BCUT2D eigenvalue weighted by Gasteiger charge is 2.29. The van der Waals surface area contributed by atoms with E-state index in [-0.39, 0.29) is 5.82 Å². The van der Waals surface area contributed by atoms with Gasteiger partial charge in [-0.25, -0.2) is 4.39 Å². The third-order valence-electron chi connectivity index (χ3n) is 3.40. The standard InChI is InChI=1S/C16H25FN2/c1-4-18-10-13-7-14(17)9-16(8-13)19(11-12(2)3)15-5-6-15/h7-9,12,15,18H,4-6,10-11H2,1-3H3. The average Bonchev–Trinajstić information content (AvgIpc) is 3.16. The van der Waals surface area contributed by atoms with Gasteiger partial charge in [0.1, 0.15) is 5.82 Å². The highest BCUT2D eigenvalue weighted by Crippen LogP contribution is 2.33. The zero-order chi connectivity index (χ0) is 13.8. The largest absolute Gasteiger partial charge is 0.368 e. The summed E-state index contributed by atoms with van der Waals surface area (Å²) < 4.78 is 13.8. The number of anilines is 1. The summed E-state index contributed by atoms with van der Waals surface area (Å²) in [7, 11) is 0. The number of nitrogens with one attached hydrogen (secondary N) is 1. The van der Waals surface area contributed by atoms with Crippen LogP contribution in [0.1, 0.15) is 39.2 Å². The van der Waals surface area contributed by atoms with Crippen molar-refractivity contribution in [3.63, 3.8) is 0 Å². The predicted octanol–water partition coefficient (Wildman–Crippen LogP) is 3.56. The third-order valence-corrected chi connectivity index (χ3v) is 3.40. The topological polar surface area (TPSA) is 15.3 Å². The van der Waals surface area contributed by atoms with Crippen LogP contribution < -0.4 is 10.2 Å². The van der Waals surface area contributed by atoms with Gasteiger partial charge in [-0.2, -0.15) is 0 Å². The predicted molar refractivity (Wildman–Crippen MR) is 79.0 cm³/mol. The van der Waals surface area contributed by atoms with Gasteiger partial charge in [-0.05, 0) is 49.1 Å². The monoisotopic (exact) mass is 264 g/mol. The fourth-order valence-electron chi connectivity index (χ4n) is 2.42. The fraction of sp³-hybridized carbons (Fsp3) is 0.625. The van der Waals surface area contributed by atoms with E-state index >= 15 is 0 Å². The number of hydrogen-bond donors (Lipinski definition) is 1. The molecule has 0 atom stereocenters. The van der Waals surface area contributed by atoms with E-state index in [0.29, 0.717) is 12.0 Å². The van der Waals surface area contributed by atoms with E-state index in [1.165, 1.54) is 12.8 Å². The Morgan fingerprint density at radius 3 is 2.63 bits per heavy atom. The third kappa shape index (κ3) is 4.20. The maximum Gasteiger partial charge on any atom is 0.125 e. The number of hydrogen-bond acceptors (Lipinski definition) is 2.